The first-order valence-electron chi connectivity index (χ1n) is 10.6. The van der Waals surface area contributed by atoms with Gasteiger partial charge in [0.1, 0.15) is 0 Å². The molecule has 1 N–H and O–H groups in total. The SMILES string of the molecule is Cc1c(C(=O)N2CCCC2c2cccc3ccccc23)nnn1C1CCNCC1.Cl. The van der Waals surface area contributed by atoms with Gasteiger partial charge in [-0.2, -0.15) is 0 Å². The summed E-state index contributed by atoms with van der Waals surface area (Å²) in [7, 11) is 0. The predicted molar refractivity (Wildman–Crippen MR) is 120 cm³/mol. The van der Waals surface area contributed by atoms with Crippen LogP contribution in [0.5, 0.6) is 0 Å². The number of carbonyl (C=O) groups is 1. The summed E-state index contributed by atoms with van der Waals surface area (Å²) in [5.41, 5.74) is 2.64. The third kappa shape index (κ3) is 3.59. The molecule has 1 amide bonds. The molecule has 0 saturated carbocycles. The molecule has 2 saturated heterocycles. The van der Waals surface area contributed by atoms with Crippen molar-refractivity contribution in [2.24, 2.45) is 0 Å². The molecule has 1 atom stereocenters. The van der Waals surface area contributed by atoms with E-state index < -0.39 is 0 Å². The molecule has 2 aliphatic rings. The van der Waals surface area contributed by atoms with E-state index in [0.717, 1.165) is 51.0 Å². The summed E-state index contributed by atoms with van der Waals surface area (Å²) < 4.78 is 1.97. The Morgan fingerprint density at radius 1 is 1.07 bits per heavy atom. The maximum Gasteiger partial charge on any atom is 0.276 e. The number of piperidine rings is 1. The zero-order chi connectivity index (χ0) is 19.8. The van der Waals surface area contributed by atoms with Crippen LogP contribution >= 0.6 is 12.4 Å². The number of carbonyl (C=O) groups excluding carboxylic acids is 1. The van der Waals surface area contributed by atoms with E-state index in [4.69, 9.17) is 0 Å². The smallest absolute Gasteiger partial charge is 0.276 e. The molecule has 0 spiro atoms. The molecule has 1 aromatic heterocycles. The van der Waals surface area contributed by atoms with Crippen molar-refractivity contribution in [2.45, 2.75) is 44.7 Å². The summed E-state index contributed by atoms with van der Waals surface area (Å²) in [4.78, 5) is 15.5. The number of halogens is 1. The number of benzene rings is 2. The van der Waals surface area contributed by atoms with Crippen LogP contribution in [0.1, 0.15) is 59.5 Å². The number of hydrogen-bond donors (Lipinski definition) is 1. The third-order valence-electron chi connectivity index (χ3n) is 6.48. The summed E-state index contributed by atoms with van der Waals surface area (Å²) in [6, 6.07) is 15.2. The minimum Gasteiger partial charge on any atom is -0.330 e. The van der Waals surface area contributed by atoms with Gasteiger partial charge in [0.2, 0.25) is 0 Å². The summed E-state index contributed by atoms with van der Waals surface area (Å²) in [6.07, 6.45) is 4.06. The van der Waals surface area contributed by atoms with Crippen LogP contribution in [0, 0.1) is 6.92 Å². The van der Waals surface area contributed by atoms with Gasteiger partial charge < -0.3 is 10.2 Å². The lowest BCUT2D eigenvalue weighted by Gasteiger charge is -2.26. The predicted octanol–water partition coefficient (Wildman–Crippen LogP) is 4.06. The molecule has 7 heteroatoms. The van der Waals surface area contributed by atoms with Crippen LogP contribution in [0.4, 0.5) is 0 Å². The fourth-order valence-electron chi connectivity index (χ4n) is 4.95. The van der Waals surface area contributed by atoms with Crippen molar-refractivity contribution in [2.75, 3.05) is 19.6 Å². The molecule has 0 bridgehead atoms. The number of nitrogens with zero attached hydrogens (tertiary/aromatic N) is 4. The summed E-state index contributed by atoms with van der Waals surface area (Å²) in [6.45, 7) is 4.73. The van der Waals surface area contributed by atoms with Crippen LogP contribution in [0.25, 0.3) is 10.8 Å². The Labute approximate surface area is 183 Å². The largest absolute Gasteiger partial charge is 0.330 e. The van der Waals surface area contributed by atoms with Gasteiger partial charge in [0.15, 0.2) is 5.69 Å². The Kier molecular flexibility index (Phi) is 6.06. The minimum absolute atomic E-state index is 0. The first-order chi connectivity index (χ1) is 14.2. The summed E-state index contributed by atoms with van der Waals surface area (Å²) >= 11 is 0. The maximum atomic E-state index is 13.5. The Bertz CT molecular complexity index is 1040. The normalized spacial score (nSPS) is 19.8. The van der Waals surface area contributed by atoms with Crippen LogP contribution in [0.3, 0.4) is 0 Å². The molecule has 6 nitrogen and oxygen atoms in total. The van der Waals surface area contributed by atoms with E-state index >= 15 is 0 Å². The highest BCUT2D eigenvalue weighted by Gasteiger charge is 2.34. The van der Waals surface area contributed by atoms with Crippen molar-refractivity contribution in [3.63, 3.8) is 0 Å². The van der Waals surface area contributed by atoms with Gasteiger partial charge in [-0.15, -0.1) is 17.5 Å². The monoisotopic (exact) mass is 425 g/mol. The molecule has 158 valence electrons. The Morgan fingerprint density at radius 3 is 2.67 bits per heavy atom. The molecular weight excluding hydrogens is 398 g/mol. The van der Waals surface area contributed by atoms with E-state index in [-0.39, 0.29) is 24.4 Å². The highest BCUT2D eigenvalue weighted by molar-refractivity contribution is 5.94. The molecule has 0 aliphatic carbocycles. The van der Waals surface area contributed by atoms with E-state index in [1.54, 1.807) is 0 Å². The minimum atomic E-state index is 0. The number of aromatic nitrogens is 3. The highest BCUT2D eigenvalue weighted by atomic mass is 35.5. The second kappa shape index (κ2) is 8.74. The van der Waals surface area contributed by atoms with Crippen molar-refractivity contribution in [3.05, 3.63) is 59.4 Å². The van der Waals surface area contributed by atoms with Gasteiger partial charge in [-0.3, -0.25) is 4.79 Å². The third-order valence-corrected chi connectivity index (χ3v) is 6.48. The lowest BCUT2D eigenvalue weighted by molar-refractivity contribution is 0.0729. The van der Waals surface area contributed by atoms with Crippen LogP contribution in [0.2, 0.25) is 0 Å². The first-order valence-corrected chi connectivity index (χ1v) is 10.6. The fourth-order valence-corrected chi connectivity index (χ4v) is 4.95. The molecule has 1 unspecified atom stereocenters. The van der Waals surface area contributed by atoms with Gasteiger partial charge >= 0.3 is 0 Å². The topological polar surface area (TPSA) is 63.1 Å². The van der Waals surface area contributed by atoms with E-state index in [1.807, 2.05) is 16.5 Å². The summed E-state index contributed by atoms with van der Waals surface area (Å²) in [5.74, 6) is 0.0121. The quantitative estimate of drug-likeness (QED) is 0.687. The van der Waals surface area contributed by atoms with Crippen LogP contribution < -0.4 is 5.32 Å². The van der Waals surface area contributed by atoms with Crippen LogP contribution in [0.15, 0.2) is 42.5 Å². The van der Waals surface area contributed by atoms with Gasteiger partial charge in [0.25, 0.3) is 5.91 Å². The zero-order valence-electron chi connectivity index (χ0n) is 17.3. The molecule has 2 aliphatic heterocycles. The van der Waals surface area contributed by atoms with Gasteiger partial charge in [0.05, 0.1) is 17.8 Å². The lowest BCUT2D eigenvalue weighted by atomic mass is 9.97. The van der Waals surface area contributed by atoms with Crippen LogP contribution in [-0.4, -0.2) is 45.4 Å². The van der Waals surface area contributed by atoms with Gasteiger partial charge in [-0.05, 0) is 62.0 Å². The van der Waals surface area contributed by atoms with Crippen molar-refractivity contribution < 1.29 is 4.79 Å². The van der Waals surface area contributed by atoms with Gasteiger partial charge in [-0.1, -0.05) is 47.7 Å². The molecule has 3 heterocycles. The van der Waals surface area contributed by atoms with Crippen LogP contribution in [-0.2, 0) is 0 Å². The number of hydrogen-bond acceptors (Lipinski definition) is 4. The molecule has 5 rings (SSSR count). The van der Waals surface area contributed by atoms with E-state index in [9.17, 15) is 4.79 Å². The number of nitrogens with one attached hydrogen (secondary N) is 1. The number of amides is 1. The van der Waals surface area contributed by atoms with E-state index in [1.165, 1.54) is 16.3 Å². The Balaban J connectivity index is 0.00000218. The first kappa shape index (κ1) is 20.8. The van der Waals surface area contributed by atoms with E-state index in [2.05, 4.69) is 58.1 Å². The Morgan fingerprint density at radius 2 is 1.83 bits per heavy atom. The average molecular weight is 426 g/mol. The maximum absolute atomic E-state index is 13.5. The molecular formula is C23H28ClN5O. The molecule has 0 radical (unpaired) electrons. The number of fused-ring (bicyclic) bond motifs is 1. The second-order valence-corrected chi connectivity index (χ2v) is 8.17. The van der Waals surface area contributed by atoms with Gasteiger partial charge in [0, 0.05) is 6.54 Å². The molecule has 2 fully saturated rings. The highest BCUT2D eigenvalue weighted by Crippen LogP contribution is 2.37. The standard InChI is InChI=1S/C23H27N5O.ClH/c1-16-22(25-26-28(16)18-11-13-24-14-12-18)23(29)27-15-5-10-21(27)20-9-4-7-17-6-2-3-8-19(17)20;/h2-4,6-9,18,21,24H,5,10-15H2,1H3;1H. The number of likely N-dealkylation sites (tertiary alicyclic amines) is 1. The molecule has 30 heavy (non-hydrogen) atoms. The van der Waals surface area contributed by atoms with E-state index in [0.29, 0.717) is 11.7 Å². The number of rotatable bonds is 3. The summed E-state index contributed by atoms with van der Waals surface area (Å²) in [5, 5.41) is 14.5. The van der Waals surface area contributed by atoms with Crippen molar-refractivity contribution in [1.82, 2.24) is 25.2 Å². The molecule has 3 aromatic rings. The van der Waals surface area contributed by atoms with Crippen molar-refractivity contribution in [3.8, 4) is 0 Å². The second-order valence-electron chi connectivity index (χ2n) is 8.17. The van der Waals surface area contributed by atoms with Crippen molar-refractivity contribution in [1.29, 1.82) is 0 Å². The van der Waals surface area contributed by atoms with Crippen molar-refractivity contribution >= 4 is 29.1 Å². The fraction of sp³-hybridized carbons (Fsp3) is 0.435. The Hall–Kier alpha value is -2.44. The van der Waals surface area contributed by atoms with Gasteiger partial charge in [-0.25, -0.2) is 4.68 Å². The zero-order valence-corrected chi connectivity index (χ0v) is 18.1. The molecule has 2 aromatic carbocycles. The average Bonchev–Trinajstić information content (AvgIpc) is 3.40. The lowest BCUT2D eigenvalue weighted by Crippen LogP contribution is -2.32.